The van der Waals surface area contributed by atoms with E-state index in [0.717, 1.165) is 0 Å². The van der Waals surface area contributed by atoms with Gasteiger partial charge in [-0.25, -0.2) is 4.79 Å². The molecule has 0 aliphatic heterocycles. The number of carboxylic acids is 1. The second-order valence-electron chi connectivity index (χ2n) is 4.50. The number of nitrogens with zero attached hydrogens (tertiary/aromatic N) is 3. The van der Waals surface area contributed by atoms with Crippen LogP contribution in [0.3, 0.4) is 0 Å². The third-order valence-electron chi connectivity index (χ3n) is 2.38. The molecule has 7 nitrogen and oxygen atoms in total. The maximum absolute atomic E-state index is 11.6. The van der Waals surface area contributed by atoms with Crippen LogP contribution in [0, 0.1) is 5.92 Å². The van der Waals surface area contributed by atoms with Crippen LogP contribution in [0.5, 0.6) is 0 Å². The normalized spacial score (nSPS) is 12.4. The van der Waals surface area contributed by atoms with E-state index >= 15 is 0 Å². The highest BCUT2D eigenvalue weighted by atomic mass is 16.4. The first-order valence-electron chi connectivity index (χ1n) is 5.85. The Morgan fingerprint density at radius 3 is 2.67 bits per heavy atom. The summed E-state index contributed by atoms with van der Waals surface area (Å²) in [5.74, 6) is -1.09. The predicted molar refractivity (Wildman–Crippen MR) is 63.7 cm³/mol. The fourth-order valence-corrected chi connectivity index (χ4v) is 1.53. The lowest BCUT2D eigenvalue weighted by Gasteiger charge is -2.16. The molecule has 1 atom stereocenters. The Labute approximate surface area is 105 Å². The van der Waals surface area contributed by atoms with Gasteiger partial charge in [0.1, 0.15) is 6.04 Å². The molecule has 0 unspecified atom stereocenters. The number of aromatic nitrogens is 3. The molecule has 1 heterocycles. The van der Waals surface area contributed by atoms with Gasteiger partial charge in [0.25, 0.3) is 0 Å². The van der Waals surface area contributed by atoms with Crippen LogP contribution in [-0.4, -0.2) is 38.0 Å². The molecule has 100 valence electrons. The summed E-state index contributed by atoms with van der Waals surface area (Å²) in [5, 5.41) is 18.8. The highest BCUT2D eigenvalue weighted by Gasteiger charge is 2.20. The Hall–Kier alpha value is -1.92. The fraction of sp³-hybridized carbons (Fsp3) is 0.636. The molecule has 0 aliphatic carbocycles. The second-order valence-corrected chi connectivity index (χ2v) is 4.50. The van der Waals surface area contributed by atoms with Crippen molar-refractivity contribution in [1.82, 2.24) is 20.3 Å². The standard InChI is InChI=1S/C11H18N4O3/c1-8(2)7-9(11(17)18)13-10(16)3-5-15-6-4-12-14-15/h4,6,8-9H,3,5,7H2,1-2H3,(H,13,16)(H,17,18)/t9-/m0/s1. The summed E-state index contributed by atoms with van der Waals surface area (Å²) in [6, 6.07) is -0.826. The van der Waals surface area contributed by atoms with Crippen LogP contribution in [0.25, 0.3) is 0 Å². The zero-order chi connectivity index (χ0) is 13.5. The second kappa shape index (κ2) is 6.73. The summed E-state index contributed by atoms with van der Waals surface area (Å²) in [6.07, 6.45) is 3.78. The Morgan fingerprint density at radius 1 is 1.44 bits per heavy atom. The molecule has 1 aromatic rings. The van der Waals surface area contributed by atoms with Gasteiger partial charge in [-0.2, -0.15) is 0 Å². The van der Waals surface area contributed by atoms with E-state index in [0.29, 0.717) is 13.0 Å². The summed E-state index contributed by atoms with van der Waals surface area (Å²) < 4.78 is 1.53. The van der Waals surface area contributed by atoms with Gasteiger partial charge in [0.15, 0.2) is 0 Å². The van der Waals surface area contributed by atoms with E-state index in [-0.39, 0.29) is 18.2 Å². The van der Waals surface area contributed by atoms with E-state index in [9.17, 15) is 9.59 Å². The number of nitrogens with one attached hydrogen (secondary N) is 1. The minimum absolute atomic E-state index is 0.186. The molecule has 2 N–H and O–H groups in total. The number of aliphatic carboxylic acids is 1. The molecule has 7 heteroatoms. The Bertz CT molecular complexity index is 389. The molecule has 0 aliphatic rings. The lowest BCUT2D eigenvalue weighted by molar-refractivity contribution is -0.142. The quantitative estimate of drug-likeness (QED) is 0.728. The first-order chi connectivity index (χ1) is 8.49. The van der Waals surface area contributed by atoms with E-state index < -0.39 is 12.0 Å². The topological polar surface area (TPSA) is 97.1 Å². The van der Waals surface area contributed by atoms with Crippen LogP contribution in [-0.2, 0) is 16.1 Å². The number of rotatable bonds is 7. The molecule has 1 aromatic heterocycles. The van der Waals surface area contributed by atoms with Gasteiger partial charge < -0.3 is 10.4 Å². The molecule has 0 saturated carbocycles. The SMILES string of the molecule is CC(C)C[C@H](NC(=O)CCn1ccnn1)C(=O)O. The lowest BCUT2D eigenvalue weighted by atomic mass is 10.0. The van der Waals surface area contributed by atoms with E-state index in [2.05, 4.69) is 15.6 Å². The van der Waals surface area contributed by atoms with Gasteiger partial charge in [-0.1, -0.05) is 19.1 Å². The molecule has 0 fully saturated rings. The molecule has 1 rings (SSSR count). The number of carbonyl (C=O) groups is 2. The molecule has 0 aromatic carbocycles. The van der Waals surface area contributed by atoms with E-state index in [4.69, 9.17) is 5.11 Å². The number of hydrogen-bond acceptors (Lipinski definition) is 4. The van der Waals surface area contributed by atoms with Crippen LogP contribution in [0.1, 0.15) is 26.7 Å². The van der Waals surface area contributed by atoms with Gasteiger partial charge >= 0.3 is 5.97 Å². The van der Waals surface area contributed by atoms with E-state index in [1.165, 1.54) is 10.9 Å². The van der Waals surface area contributed by atoms with Crippen molar-refractivity contribution in [3.8, 4) is 0 Å². The summed E-state index contributed by atoms with van der Waals surface area (Å²) in [6.45, 7) is 4.22. The number of carboxylic acid groups (broad SMARTS) is 1. The summed E-state index contributed by atoms with van der Waals surface area (Å²) in [5.41, 5.74) is 0. The molecular weight excluding hydrogens is 236 g/mol. The van der Waals surface area contributed by atoms with Crippen molar-refractivity contribution in [2.45, 2.75) is 39.3 Å². The van der Waals surface area contributed by atoms with Crippen molar-refractivity contribution in [3.05, 3.63) is 12.4 Å². The van der Waals surface area contributed by atoms with Gasteiger partial charge in [0.2, 0.25) is 5.91 Å². The van der Waals surface area contributed by atoms with Gasteiger partial charge in [0.05, 0.1) is 12.7 Å². The number of hydrogen-bond donors (Lipinski definition) is 2. The molecule has 0 saturated heterocycles. The van der Waals surface area contributed by atoms with Crippen LogP contribution < -0.4 is 5.32 Å². The third-order valence-corrected chi connectivity index (χ3v) is 2.38. The van der Waals surface area contributed by atoms with Crippen molar-refractivity contribution in [2.75, 3.05) is 0 Å². The van der Waals surface area contributed by atoms with E-state index in [1.54, 1.807) is 6.20 Å². The van der Waals surface area contributed by atoms with Gasteiger partial charge in [0, 0.05) is 12.6 Å². The van der Waals surface area contributed by atoms with Crippen LogP contribution >= 0.6 is 0 Å². The summed E-state index contributed by atoms with van der Waals surface area (Å²) >= 11 is 0. The van der Waals surface area contributed by atoms with Gasteiger partial charge in [-0.3, -0.25) is 9.48 Å². The van der Waals surface area contributed by atoms with Crippen LogP contribution in [0.4, 0.5) is 0 Å². The molecule has 0 radical (unpaired) electrons. The maximum Gasteiger partial charge on any atom is 0.326 e. The maximum atomic E-state index is 11.6. The van der Waals surface area contributed by atoms with Crippen molar-refractivity contribution in [2.24, 2.45) is 5.92 Å². The summed E-state index contributed by atoms with van der Waals surface area (Å²) in [4.78, 5) is 22.6. The summed E-state index contributed by atoms with van der Waals surface area (Å²) in [7, 11) is 0. The third kappa shape index (κ3) is 4.94. The Balaban J connectivity index is 2.39. The first-order valence-corrected chi connectivity index (χ1v) is 5.85. The molecule has 0 bridgehead atoms. The molecular formula is C11H18N4O3. The Morgan fingerprint density at radius 2 is 2.17 bits per heavy atom. The largest absolute Gasteiger partial charge is 0.480 e. The average Bonchev–Trinajstić information content (AvgIpc) is 2.77. The Kier molecular flexibility index (Phi) is 5.29. The number of amides is 1. The van der Waals surface area contributed by atoms with Crippen molar-refractivity contribution in [1.29, 1.82) is 0 Å². The molecule has 1 amide bonds. The fourth-order valence-electron chi connectivity index (χ4n) is 1.53. The van der Waals surface area contributed by atoms with E-state index in [1.807, 2.05) is 13.8 Å². The van der Waals surface area contributed by atoms with Gasteiger partial charge in [-0.05, 0) is 12.3 Å². The van der Waals surface area contributed by atoms with Crippen molar-refractivity contribution in [3.63, 3.8) is 0 Å². The smallest absolute Gasteiger partial charge is 0.326 e. The molecule has 0 spiro atoms. The van der Waals surface area contributed by atoms with Crippen molar-refractivity contribution >= 4 is 11.9 Å². The van der Waals surface area contributed by atoms with Gasteiger partial charge in [-0.15, -0.1) is 5.10 Å². The van der Waals surface area contributed by atoms with Crippen LogP contribution in [0.2, 0.25) is 0 Å². The lowest BCUT2D eigenvalue weighted by Crippen LogP contribution is -2.41. The highest BCUT2D eigenvalue weighted by Crippen LogP contribution is 2.05. The van der Waals surface area contributed by atoms with Crippen molar-refractivity contribution < 1.29 is 14.7 Å². The minimum Gasteiger partial charge on any atom is -0.480 e. The predicted octanol–water partition coefficient (Wildman–Crippen LogP) is 0.284. The molecule has 18 heavy (non-hydrogen) atoms. The number of carbonyl (C=O) groups excluding carboxylic acids is 1. The number of aryl methyl sites for hydroxylation is 1. The highest BCUT2D eigenvalue weighted by molar-refractivity contribution is 5.83. The monoisotopic (exact) mass is 254 g/mol. The zero-order valence-corrected chi connectivity index (χ0v) is 10.5. The average molecular weight is 254 g/mol. The zero-order valence-electron chi connectivity index (χ0n) is 10.5. The first kappa shape index (κ1) is 14.1. The van der Waals surface area contributed by atoms with Crippen LogP contribution in [0.15, 0.2) is 12.4 Å². The minimum atomic E-state index is -1.00.